The van der Waals surface area contributed by atoms with Gasteiger partial charge in [-0.1, -0.05) is 24.3 Å². The first-order chi connectivity index (χ1) is 16.3. The number of hydrogen-bond acceptors (Lipinski definition) is 4. The van der Waals surface area contributed by atoms with Gasteiger partial charge in [0.2, 0.25) is 21.8 Å². The maximum atomic E-state index is 13.3. The Hall–Kier alpha value is -2.71. The van der Waals surface area contributed by atoms with Gasteiger partial charge in [0.05, 0.1) is 4.90 Å². The molecule has 2 aromatic rings. The lowest BCUT2D eigenvalue weighted by Crippen LogP contribution is -2.45. The number of carbonyl (C=O) groups excluding carboxylic acids is 2. The minimum atomic E-state index is -3.65. The lowest BCUT2D eigenvalue weighted by Gasteiger charge is -2.35. The van der Waals surface area contributed by atoms with Gasteiger partial charge in [-0.25, -0.2) is 8.42 Å². The van der Waals surface area contributed by atoms with E-state index in [9.17, 15) is 18.0 Å². The predicted octanol–water partition coefficient (Wildman–Crippen LogP) is 2.97. The Morgan fingerprint density at radius 2 is 1.65 bits per heavy atom. The van der Waals surface area contributed by atoms with Gasteiger partial charge >= 0.3 is 0 Å². The maximum Gasteiger partial charge on any atom is 0.243 e. The van der Waals surface area contributed by atoms with Crippen molar-refractivity contribution in [1.82, 2.24) is 9.21 Å². The molecule has 3 aliphatic rings. The molecule has 1 fully saturated rings. The third kappa shape index (κ3) is 4.03. The average Bonchev–Trinajstić information content (AvgIpc) is 3.18. The van der Waals surface area contributed by atoms with Crippen molar-refractivity contribution in [2.24, 2.45) is 5.92 Å². The number of amides is 2. The van der Waals surface area contributed by atoms with E-state index in [1.807, 2.05) is 24.0 Å². The molecule has 0 spiro atoms. The summed E-state index contributed by atoms with van der Waals surface area (Å²) in [5, 5.41) is 0. The van der Waals surface area contributed by atoms with Crippen molar-refractivity contribution < 1.29 is 18.0 Å². The molecule has 0 aliphatic carbocycles. The van der Waals surface area contributed by atoms with E-state index in [2.05, 4.69) is 12.1 Å². The largest absolute Gasteiger partial charge is 0.338 e. The first-order valence-electron chi connectivity index (χ1n) is 12.0. The minimum Gasteiger partial charge on any atom is -0.338 e. The van der Waals surface area contributed by atoms with E-state index < -0.39 is 10.0 Å². The number of rotatable bonds is 3. The van der Waals surface area contributed by atoms with Crippen LogP contribution in [0.25, 0.3) is 0 Å². The summed E-state index contributed by atoms with van der Waals surface area (Å²) in [5.74, 6) is -0.0325. The van der Waals surface area contributed by atoms with Crippen molar-refractivity contribution in [3.8, 4) is 0 Å². The summed E-state index contributed by atoms with van der Waals surface area (Å²) in [7, 11) is -3.65. The highest BCUT2D eigenvalue weighted by Gasteiger charge is 2.36. The molecule has 34 heavy (non-hydrogen) atoms. The molecule has 2 aromatic carbocycles. The number of fused-ring (bicyclic) bond motifs is 2. The maximum absolute atomic E-state index is 13.3. The van der Waals surface area contributed by atoms with Crippen LogP contribution in [0, 0.1) is 5.92 Å². The first-order valence-corrected chi connectivity index (χ1v) is 13.5. The Kier molecular flexibility index (Phi) is 5.98. The number of benzene rings is 2. The molecule has 180 valence electrons. The number of sulfonamides is 1. The summed E-state index contributed by atoms with van der Waals surface area (Å²) in [6.07, 6.45) is 2.59. The van der Waals surface area contributed by atoms with E-state index in [1.54, 1.807) is 23.1 Å². The minimum absolute atomic E-state index is 0.0222. The van der Waals surface area contributed by atoms with Crippen LogP contribution in [0.15, 0.2) is 47.4 Å². The molecular weight excluding hydrogens is 450 g/mol. The van der Waals surface area contributed by atoms with Crippen LogP contribution in [0.2, 0.25) is 0 Å². The smallest absolute Gasteiger partial charge is 0.243 e. The van der Waals surface area contributed by atoms with Gasteiger partial charge in [-0.15, -0.1) is 0 Å². The second-order valence-electron chi connectivity index (χ2n) is 9.69. The topological polar surface area (TPSA) is 78.0 Å². The molecule has 5 rings (SSSR count). The van der Waals surface area contributed by atoms with Crippen molar-refractivity contribution >= 4 is 27.5 Å². The lowest BCUT2D eigenvalue weighted by atomic mass is 9.94. The Morgan fingerprint density at radius 1 is 0.941 bits per heavy atom. The Balaban J connectivity index is 1.25. The zero-order chi connectivity index (χ0) is 24.0. The first kappa shape index (κ1) is 23.1. The summed E-state index contributed by atoms with van der Waals surface area (Å²) in [6.45, 7) is 5.55. The van der Waals surface area contributed by atoms with E-state index in [-0.39, 0.29) is 28.7 Å². The number of piperidine rings is 1. The Labute approximate surface area is 201 Å². The van der Waals surface area contributed by atoms with Gasteiger partial charge in [-0.3, -0.25) is 9.59 Å². The van der Waals surface area contributed by atoms with Crippen molar-refractivity contribution in [3.63, 3.8) is 0 Å². The molecule has 0 bridgehead atoms. The van der Waals surface area contributed by atoms with Crippen LogP contribution >= 0.6 is 0 Å². The second kappa shape index (κ2) is 8.82. The fourth-order valence-electron chi connectivity index (χ4n) is 5.68. The number of hydrogen-bond donors (Lipinski definition) is 0. The number of anilines is 1. The van der Waals surface area contributed by atoms with Crippen molar-refractivity contribution in [1.29, 1.82) is 0 Å². The van der Waals surface area contributed by atoms with Crippen LogP contribution in [-0.2, 0) is 39.0 Å². The SMILES string of the molecule is CC(=O)N1c2ccc(S(=O)(=O)N3CCC(C(=O)N4CCc5ccccc5C4)CC3)cc2C[C@H]1C. The number of nitrogens with zero attached hydrogens (tertiary/aromatic N) is 3. The van der Waals surface area contributed by atoms with Crippen LogP contribution in [0.1, 0.15) is 43.4 Å². The number of carbonyl (C=O) groups is 2. The summed E-state index contributed by atoms with van der Waals surface area (Å²) in [6, 6.07) is 13.3. The highest BCUT2D eigenvalue weighted by atomic mass is 32.2. The molecule has 0 unspecified atom stereocenters. The van der Waals surface area contributed by atoms with Crippen LogP contribution in [0.4, 0.5) is 5.69 Å². The van der Waals surface area contributed by atoms with Gasteiger partial charge in [-0.05, 0) is 67.5 Å². The van der Waals surface area contributed by atoms with E-state index in [0.717, 1.165) is 24.2 Å². The summed E-state index contributed by atoms with van der Waals surface area (Å²) in [5.41, 5.74) is 4.20. The molecule has 0 N–H and O–H groups in total. The molecule has 0 radical (unpaired) electrons. The van der Waals surface area contributed by atoms with Crippen LogP contribution in [0.5, 0.6) is 0 Å². The van der Waals surface area contributed by atoms with Crippen LogP contribution < -0.4 is 4.90 Å². The summed E-state index contributed by atoms with van der Waals surface area (Å²) in [4.78, 5) is 29.1. The van der Waals surface area contributed by atoms with Crippen LogP contribution in [-0.4, -0.2) is 55.1 Å². The fraction of sp³-hybridized carbons (Fsp3) is 0.462. The summed E-state index contributed by atoms with van der Waals surface area (Å²) < 4.78 is 28.2. The van der Waals surface area contributed by atoms with Crippen LogP contribution in [0.3, 0.4) is 0 Å². The van der Waals surface area contributed by atoms with Gasteiger partial charge in [0.15, 0.2) is 0 Å². The van der Waals surface area contributed by atoms with Gasteiger partial charge in [0.1, 0.15) is 0 Å². The monoisotopic (exact) mass is 481 g/mol. The van der Waals surface area contributed by atoms with Crippen molar-refractivity contribution in [3.05, 3.63) is 59.2 Å². The molecule has 1 saturated heterocycles. The molecule has 0 aromatic heterocycles. The average molecular weight is 482 g/mol. The molecular formula is C26H31N3O4S. The van der Waals surface area contributed by atoms with Gasteiger partial charge < -0.3 is 9.80 Å². The predicted molar refractivity (Wildman–Crippen MR) is 130 cm³/mol. The molecule has 2 amide bonds. The van der Waals surface area contributed by atoms with Gasteiger partial charge in [-0.2, -0.15) is 4.31 Å². The normalized spacial score (nSPS) is 21.3. The van der Waals surface area contributed by atoms with Crippen molar-refractivity contribution in [2.75, 3.05) is 24.5 Å². The molecule has 7 nitrogen and oxygen atoms in total. The third-order valence-corrected chi connectivity index (χ3v) is 9.38. The zero-order valence-electron chi connectivity index (χ0n) is 19.7. The van der Waals surface area contributed by atoms with E-state index in [0.29, 0.717) is 38.9 Å². The summed E-state index contributed by atoms with van der Waals surface area (Å²) >= 11 is 0. The lowest BCUT2D eigenvalue weighted by molar-refractivity contribution is -0.137. The van der Waals surface area contributed by atoms with E-state index in [4.69, 9.17) is 0 Å². The molecule has 3 heterocycles. The second-order valence-corrected chi connectivity index (χ2v) is 11.6. The highest BCUT2D eigenvalue weighted by Crippen LogP contribution is 2.35. The highest BCUT2D eigenvalue weighted by molar-refractivity contribution is 7.89. The quantitative estimate of drug-likeness (QED) is 0.675. The third-order valence-electron chi connectivity index (χ3n) is 7.49. The van der Waals surface area contributed by atoms with E-state index >= 15 is 0 Å². The fourth-order valence-corrected chi connectivity index (χ4v) is 7.20. The molecule has 1 atom stereocenters. The molecule has 3 aliphatic heterocycles. The zero-order valence-corrected chi connectivity index (χ0v) is 20.6. The van der Waals surface area contributed by atoms with Crippen molar-refractivity contribution in [2.45, 2.75) is 57.0 Å². The standard InChI is InChI=1S/C26H31N3O4S/c1-18-15-23-16-24(7-8-25(23)29(18)19(2)30)34(32,33)28-13-10-21(11-14-28)26(31)27-12-9-20-5-3-4-6-22(20)17-27/h3-8,16,18,21H,9-15,17H2,1-2H3/t18-/m1/s1. The van der Waals surface area contributed by atoms with Gasteiger partial charge in [0.25, 0.3) is 0 Å². The Bertz CT molecular complexity index is 1230. The molecule has 0 saturated carbocycles. The van der Waals surface area contributed by atoms with Gasteiger partial charge in [0, 0.05) is 50.7 Å². The van der Waals surface area contributed by atoms with E-state index in [1.165, 1.54) is 22.4 Å². The Morgan fingerprint density at radius 3 is 2.35 bits per heavy atom. The molecule has 8 heteroatoms.